The average Bonchev–Trinajstić information content (AvgIpc) is 2.74. The lowest BCUT2D eigenvalue weighted by Gasteiger charge is -2.26. The van der Waals surface area contributed by atoms with Crippen LogP contribution in [0.1, 0.15) is 37.7 Å². The molecule has 162 valence electrons. The van der Waals surface area contributed by atoms with Gasteiger partial charge in [0.15, 0.2) is 0 Å². The Morgan fingerprint density at radius 1 is 1.13 bits per heavy atom. The van der Waals surface area contributed by atoms with Gasteiger partial charge in [0.05, 0.1) is 17.0 Å². The standard InChI is InChI=1S/C22H27ClN2O4S/c1-29-21-13-12-18(15-19(21)23)30(27,28)25-20(14-16-8-4-2-5-9-16)22(26)24-17-10-6-3-7-11-17/h2,4-5,8-9,12-13,15,17,20,25H,3,6-7,10-11,14H2,1H3,(H,24,26)/t20-/m1/s1. The number of halogens is 1. The summed E-state index contributed by atoms with van der Waals surface area (Å²) >= 11 is 6.10. The molecule has 3 rings (SSSR count). The second-order valence-electron chi connectivity index (χ2n) is 7.50. The van der Waals surface area contributed by atoms with Crippen molar-refractivity contribution in [2.45, 2.75) is 55.5 Å². The van der Waals surface area contributed by atoms with Crippen LogP contribution in [0.2, 0.25) is 5.02 Å². The molecule has 0 unspecified atom stereocenters. The molecule has 6 nitrogen and oxygen atoms in total. The summed E-state index contributed by atoms with van der Waals surface area (Å²) < 4.78 is 33.6. The van der Waals surface area contributed by atoms with Crippen molar-refractivity contribution in [3.63, 3.8) is 0 Å². The molecule has 1 aliphatic rings. The fraction of sp³-hybridized carbons (Fsp3) is 0.409. The summed E-state index contributed by atoms with van der Waals surface area (Å²) in [5.74, 6) is 0.0698. The minimum atomic E-state index is -3.96. The molecule has 2 N–H and O–H groups in total. The van der Waals surface area contributed by atoms with Crippen molar-refractivity contribution in [1.29, 1.82) is 0 Å². The second kappa shape index (κ2) is 10.3. The summed E-state index contributed by atoms with van der Waals surface area (Å²) in [6.07, 6.45) is 5.41. The molecule has 0 radical (unpaired) electrons. The van der Waals surface area contributed by atoms with Gasteiger partial charge in [0.2, 0.25) is 15.9 Å². The van der Waals surface area contributed by atoms with Crippen molar-refractivity contribution in [3.8, 4) is 5.75 Å². The van der Waals surface area contributed by atoms with Crippen molar-refractivity contribution < 1.29 is 17.9 Å². The molecule has 30 heavy (non-hydrogen) atoms. The van der Waals surface area contributed by atoms with Crippen molar-refractivity contribution in [3.05, 3.63) is 59.1 Å². The van der Waals surface area contributed by atoms with E-state index in [0.717, 1.165) is 31.2 Å². The van der Waals surface area contributed by atoms with Crippen LogP contribution >= 0.6 is 11.6 Å². The number of sulfonamides is 1. The lowest BCUT2D eigenvalue weighted by molar-refractivity contribution is -0.123. The number of ether oxygens (including phenoxy) is 1. The Bertz CT molecular complexity index is 960. The van der Waals surface area contributed by atoms with E-state index in [1.165, 1.54) is 31.7 Å². The number of carbonyl (C=O) groups excluding carboxylic acids is 1. The van der Waals surface area contributed by atoms with E-state index in [-0.39, 0.29) is 28.3 Å². The van der Waals surface area contributed by atoms with Crippen LogP contribution < -0.4 is 14.8 Å². The van der Waals surface area contributed by atoms with Gasteiger partial charge in [-0.05, 0) is 43.0 Å². The third-order valence-electron chi connectivity index (χ3n) is 5.28. The Hall–Kier alpha value is -2.09. The predicted molar refractivity (Wildman–Crippen MR) is 117 cm³/mol. The Labute approximate surface area is 183 Å². The minimum absolute atomic E-state index is 0.0168. The van der Waals surface area contributed by atoms with Crippen LogP contribution in [0.4, 0.5) is 0 Å². The van der Waals surface area contributed by atoms with Crippen molar-refractivity contribution in [1.82, 2.24) is 10.0 Å². The van der Waals surface area contributed by atoms with Gasteiger partial charge < -0.3 is 10.1 Å². The van der Waals surface area contributed by atoms with E-state index in [1.54, 1.807) is 0 Å². The number of amides is 1. The maximum absolute atomic E-state index is 13.0. The van der Waals surface area contributed by atoms with Gasteiger partial charge in [-0.15, -0.1) is 0 Å². The smallest absolute Gasteiger partial charge is 0.241 e. The molecule has 0 heterocycles. The molecule has 1 atom stereocenters. The molecule has 0 aromatic heterocycles. The molecule has 8 heteroatoms. The first-order valence-electron chi connectivity index (χ1n) is 10.1. The third-order valence-corrected chi connectivity index (χ3v) is 7.05. The quantitative estimate of drug-likeness (QED) is 0.642. The highest BCUT2D eigenvalue weighted by atomic mass is 35.5. The number of methoxy groups -OCH3 is 1. The van der Waals surface area contributed by atoms with Gasteiger partial charge >= 0.3 is 0 Å². The zero-order valence-electron chi connectivity index (χ0n) is 16.9. The summed E-state index contributed by atoms with van der Waals surface area (Å²) in [4.78, 5) is 13.0. The number of hydrogen-bond donors (Lipinski definition) is 2. The number of nitrogens with one attached hydrogen (secondary N) is 2. The Kier molecular flexibility index (Phi) is 7.75. The molecule has 1 aliphatic carbocycles. The maximum Gasteiger partial charge on any atom is 0.241 e. The lowest BCUT2D eigenvalue weighted by atomic mass is 9.95. The number of benzene rings is 2. The van der Waals surface area contributed by atoms with E-state index in [9.17, 15) is 13.2 Å². The van der Waals surface area contributed by atoms with Gasteiger partial charge in [-0.25, -0.2) is 8.42 Å². The summed E-state index contributed by atoms with van der Waals surface area (Å²) in [6, 6.07) is 12.7. The van der Waals surface area contributed by atoms with E-state index in [0.29, 0.717) is 5.75 Å². The lowest BCUT2D eigenvalue weighted by Crippen LogP contribution is -2.50. The van der Waals surface area contributed by atoms with E-state index in [4.69, 9.17) is 16.3 Å². The summed E-state index contributed by atoms with van der Waals surface area (Å²) in [5, 5.41) is 3.22. The largest absolute Gasteiger partial charge is 0.495 e. The zero-order chi connectivity index (χ0) is 21.6. The first-order valence-corrected chi connectivity index (χ1v) is 12.0. The van der Waals surface area contributed by atoms with Crippen molar-refractivity contribution >= 4 is 27.5 Å². The summed E-state index contributed by atoms with van der Waals surface area (Å²) in [5.41, 5.74) is 0.872. The monoisotopic (exact) mass is 450 g/mol. The normalized spacial score (nSPS) is 16.1. The number of carbonyl (C=O) groups is 1. The van der Waals surface area contributed by atoms with E-state index < -0.39 is 16.1 Å². The van der Waals surface area contributed by atoms with Gasteiger partial charge in [-0.1, -0.05) is 61.2 Å². The van der Waals surface area contributed by atoms with Crippen LogP contribution in [-0.4, -0.2) is 33.5 Å². The molecule has 0 saturated heterocycles. The highest BCUT2D eigenvalue weighted by Gasteiger charge is 2.28. The van der Waals surface area contributed by atoms with Gasteiger partial charge in [-0.2, -0.15) is 4.72 Å². The van der Waals surface area contributed by atoms with Crippen LogP contribution in [0.15, 0.2) is 53.4 Å². The molecular formula is C22H27ClN2O4S. The number of rotatable bonds is 8. The molecule has 2 aromatic rings. The van der Waals surface area contributed by atoms with Crippen LogP contribution in [0, 0.1) is 0 Å². The molecule has 0 bridgehead atoms. The Balaban J connectivity index is 1.81. The first-order chi connectivity index (χ1) is 14.4. The van der Waals surface area contributed by atoms with Crippen LogP contribution in [0.3, 0.4) is 0 Å². The van der Waals surface area contributed by atoms with Crippen molar-refractivity contribution in [2.75, 3.05) is 7.11 Å². The van der Waals surface area contributed by atoms with Crippen LogP contribution in [0.25, 0.3) is 0 Å². The van der Waals surface area contributed by atoms with Gasteiger partial charge in [-0.3, -0.25) is 4.79 Å². The summed E-state index contributed by atoms with van der Waals surface area (Å²) in [6.45, 7) is 0. The minimum Gasteiger partial charge on any atom is -0.495 e. The molecule has 1 saturated carbocycles. The molecule has 1 fully saturated rings. The SMILES string of the molecule is COc1ccc(S(=O)(=O)N[C@H](Cc2ccccc2)C(=O)NC2CCCCC2)cc1Cl. The van der Waals surface area contributed by atoms with Crippen molar-refractivity contribution in [2.24, 2.45) is 0 Å². The fourth-order valence-corrected chi connectivity index (χ4v) is 5.20. The third kappa shape index (κ3) is 5.97. The van der Waals surface area contributed by atoms with E-state index >= 15 is 0 Å². The topological polar surface area (TPSA) is 84.5 Å². The fourth-order valence-electron chi connectivity index (χ4n) is 3.66. The molecule has 0 spiro atoms. The Morgan fingerprint density at radius 2 is 1.83 bits per heavy atom. The average molecular weight is 451 g/mol. The molecule has 2 aromatic carbocycles. The van der Waals surface area contributed by atoms with Gasteiger partial charge in [0, 0.05) is 6.04 Å². The molecular weight excluding hydrogens is 424 g/mol. The molecule has 1 amide bonds. The van der Waals surface area contributed by atoms with E-state index in [1.807, 2.05) is 30.3 Å². The highest BCUT2D eigenvalue weighted by Crippen LogP contribution is 2.27. The number of hydrogen-bond acceptors (Lipinski definition) is 4. The zero-order valence-corrected chi connectivity index (χ0v) is 18.5. The van der Waals surface area contributed by atoms with Crippen LogP contribution in [0.5, 0.6) is 5.75 Å². The van der Waals surface area contributed by atoms with Gasteiger partial charge in [0.25, 0.3) is 0 Å². The van der Waals surface area contributed by atoms with E-state index in [2.05, 4.69) is 10.0 Å². The van der Waals surface area contributed by atoms with Crippen LogP contribution in [-0.2, 0) is 21.2 Å². The first kappa shape index (κ1) is 22.6. The predicted octanol–water partition coefficient (Wildman–Crippen LogP) is 3.69. The Morgan fingerprint density at radius 3 is 2.47 bits per heavy atom. The van der Waals surface area contributed by atoms with Gasteiger partial charge in [0.1, 0.15) is 11.8 Å². The molecule has 0 aliphatic heterocycles. The summed E-state index contributed by atoms with van der Waals surface area (Å²) in [7, 11) is -2.51. The maximum atomic E-state index is 13.0. The second-order valence-corrected chi connectivity index (χ2v) is 9.62. The highest BCUT2D eigenvalue weighted by molar-refractivity contribution is 7.89.